The van der Waals surface area contributed by atoms with Gasteiger partial charge < -0.3 is 4.74 Å². The van der Waals surface area contributed by atoms with Crippen LogP contribution in [0.2, 0.25) is 0 Å². The lowest BCUT2D eigenvalue weighted by Crippen LogP contribution is -2.30. The van der Waals surface area contributed by atoms with E-state index < -0.39 is 0 Å². The maximum atomic E-state index is 12.1. The number of carbonyl (C=O) groups excluding carboxylic acids is 1. The number of allylic oxidation sites excluding steroid dienone is 2. The third-order valence-corrected chi connectivity index (χ3v) is 2.77. The molecular formula is C13H10O2. The molecule has 2 nitrogen and oxygen atoms in total. The topological polar surface area (TPSA) is 26.3 Å². The van der Waals surface area contributed by atoms with Crippen LogP contribution in [0.1, 0.15) is 16.8 Å². The van der Waals surface area contributed by atoms with Gasteiger partial charge in [-0.05, 0) is 12.1 Å². The molecule has 15 heavy (non-hydrogen) atoms. The summed E-state index contributed by atoms with van der Waals surface area (Å²) >= 11 is 0. The van der Waals surface area contributed by atoms with Gasteiger partial charge in [-0.15, -0.1) is 0 Å². The second-order valence-corrected chi connectivity index (χ2v) is 3.72. The van der Waals surface area contributed by atoms with E-state index in [1.807, 2.05) is 42.5 Å². The van der Waals surface area contributed by atoms with Crippen LogP contribution in [0.25, 0.3) is 0 Å². The first-order chi connectivity index (χ1) is 7.36. The summed E-state index contributed by atoms with van der Waals surface area (Å²) in [5, 5.41) is 0. The molecule has 2 aliphatic rings. The summed E-state index contributed by atoms with van der Waals surface area (Å²) in [6, 6.07) is 7.41. The average molecular weight is 198 g/mol. The van der Waals surface area contributed by atoms with E-state index in [2.05, 4.69) is 0 Å². The van der Waals surface area contributed by atoms with Gasteiger partial charge in [-0.1, -0.05) is 30.4 Å². The Balaban J connectivity index is 2.14. The van der Waals surface area contributed by atoms with E-state index in [0.717, 1.165) is 12.0 Å². The van der Waals surface area contributed by atoms with Crippen LogP contribution in [0.4, 0.5) is 0 Å². The number of benzene rings is 1. The van der Waals surface area contributed by atoms with Crippen LogP contribution >= 0.6 is 0 Å². The van der Waals surface area contributed by atoms with Gasteiger partial charge in [0.05, 0.1) is 5.56 Å². The van der Waals surface area contributed by atoms with Crippen LogP contribution in [0.15, 0.2) is 48.1 Å². The molecule has 1 aliphatic heterocycles. The zero-order valence-corrected chi connectivity index (χ0v) is 8.14. The van der Waals surface area contributed by atoms with Crippen LogP contribution in [0.5, 0.6) is 5.75 Å². The fraction of sp³-hybridized carbons (Fsp3) is 0.154. The van der Waals surface area contributed by atoms with Crippen LogP contribution < -0.4 is 4.74 Å². The normalized spacial score (nSPS) is 22.5. The number of rotatable bonds is 0. The molecule has 0 N–H and O–H groups in total. The SMILES string of the molecule is O=C1C2=CC=CCC2Oc2ccccc21. The maximum absolute atomic E-state index is 12.1. The van der Waals surface area contributed by atoms with E-state index in [4.69, 9.17) is 4.74 Å². The Labute approximate surface area is 87.9 Å². The molecule has 0 spiro atoms. The number of para-hydroxylation sites is 1. The highest BCUT2D eigenvalue weighted by molar-refractivity contribution is 6.12. The van der Waals surface area contributed by atoms with Crippen molar-refractivity contribution in [1.29, 1.82) is 0 Å². The van der Waals surface area contributed by atoms with Crippen molar-refractivity contribution < 1.29 is 9.53 Å². The van der Waals surface area contributed by atoms with Crippen molar-refractivity contribution in [2.45, 2.75) is 12.5 Å². The third-order valence-electron chi connectivity index (χ3n) is 2.77. The van der Waals surface area contributed by atoms with Crippen molar-refractivity contribution in [3.8, 4) is 5.75 Å². The highest BCUT2D eigenvalue weighted by atomic mass is 16.5. The molecule has 2 heteroatoms. The van der Waals surface area contributed by atoms with Gasteiger partial charge in [0.1, 0.15) is 11.9 Å². The van der Waals surface area contributed by atoms with Crippen molar-refractivity contribution in [1.82, 2.24) is 0 Å². The minimum atomic E-state index is -0.0857. The highest BCUT2D eigenvalue weighted by Gasteiger charge is 2.31. The molecule has 3 rings (SSSR count). The molecule has 74 valence electrons. The van der Waals surface area contributed by atoms with Crippen LogP contribution in [-0.4, -0.2) is 11.9 Å². The van der Waals surface area contributed by atoms with E-state index >= 15 is 0 Å². The molecule has 1 aromatic carbocycles. The third kappa shape index (κ3) is 1.22. The molecule has 0 fully saturated rings. The monoisotopic (exact) mass is 198 g/mol. The lowest BCUT2D eigenvalue weighted by molar-refractivity contribution is 0.0961. The molecule has 1 aliphatic carbocycles. The Bertz CT molecular complexity index is 483. The summed E-state index contributed by atoms with van der Waals surface area (Å²) in [5.74, 6) is 0.811. The number of fused-ring (bicyclic) bond motifs is 2. The summed E-state index contributed by atoms with van der Waals surface area (Å²) in [7, 11) is 0. The Morgan fingerprint density at radius 1 is 1.27 bits per heavy atom. The van der Waals surface area contributed by atoms with Gasteiger partial charge in [0, 0.05) is 12.0 Å². The minimum Gasteiger partial charge on any atom is -0.484 e. The Hall–Kier alpha value is -1.83. The largest absolute Gasteiger partial charge is 0.484 e. The molecule has 0 aromatic heterocycles. The summed E-state index contributed by atoms with van der Waals surface area (Å²) in [4.78, 5) is 12.1. The molecule has 0 saturated carbocycles. The molecule has 1 heterocycles. The average Bonchev–Trinajstić information content (AvgIpc) is 2.30. The second kappa shape index (κ2) is 3.09. The summed E-state index contributed by atoms with van der Waals surface area (Å²) in [6.07, 6.45) is 6.49. The number of carbonyl (C=O) groups is 1. The maximum Gasteiger partial charge on any atom is 0.196 e. The van der Waals surface area contributed by atoms with E-state index in [1.165, 1.54) is 0 Å². The quantitative estimate of drug-likeness (QED) is 0.640. The van der Waals surface area contributed by atoms with Gasteiger partial charge >= 0.3 is 0 Å². The number of hydrogen-bond donors (Lipinski definition) is 0. The Morgan fingerprint density at radius 3 is 3.07 bits per heavy atom. The number of Topliss-reactive ketones (excluding diaryl/α,β-unsaturated/α-hetero) is 1. The molecule has 1 atom stereocenters. The highest BCUT2D eigenvalue weighted by Crippen LogP contribution is 2.32. The number of hydrogen-bond acceptors (Lipinski definition) is 2. The zero-order valence-electron chi connectivity index (χ0n) is 8.14. The van der Waals surface area contributed by atoms with E-state index in [1.54, 1.807) is 0 Å². The smallest absolute Gasteiger partial charge is 0.196 e. The predicted molar refractivity (Wildman–Crippen MR) is 57.0 cm³/mol. The molecule has 0 radical (unpaired) electrons. The molecule has 1 unspecified atom stereocenters. The van der Waals surface area contributed by atoms with E-state index in [0.29, 0.717) is 11.3 Å². The molecule has 0 bridgehead atoms. The lowest BCUT2D eigenvalue weighted by Gasteiger charge is -2.28. The summed E-state index contributed by atoms with van der Waals surface area (Å²) in [6.45, 7) is 0. The number of ether oxygens (including phenoxy) is 1. The van der Waals surface area contributed by atoms with Crippen molar-refractivity contribution in [2.24, 2.45) is 0 Å². The molecule has 0 amide bonds. The lowest BCUT2D eigenvalue weighted by atomic mass is 9.91. The van der Waals surface area contributed by atoms with Crippen molar-refractivity contribution >= 4 is 5.78 Å². The van der Waals surface area contributed by atoms with Crippen molar-refractivity contribution in [3.05, 3.63) is 53.6 Å². The van der Waals surface area contributed by atoms with E-state index in [-0.39, 0.29) is 11.9 Å². The minimum absolute atomic E-state index is 0.0857. The Kier molecular flexibility index (Phi) is 1.75. The standard InChI is InChI=1S/C13H10O2/c14-13-9-5-1-3-7-11(9)15-12-8-4-2-6-10(12)13/h1-7,12H,8H2. The molecular weight excluding hydrogens is 188 g/mol. The van der Waals surface area contributed by atoms with Gasteiger partial charge in [-0.2, -0.15) is 0 Å². The van der Waals surface area contributed by atoms with Crippen LogP contribution in [0.3, 0.4) is 0 Å². The molecule has 0 saturated heterocycles. The van der Waals surface area contributed by atoms with Gasteiger partial charge in [0.25, 0.3) is 0 Å². The second-order valence-electron chi connectivity index (χ2n) is 3.72. The van der Waals surface area contributed by atoms with Crippen LogP contribution in [0, 0.1) is 0 Å². The zero-order chi connectivity index (χ0) is 10.3. The van der Waals surface area contributed by atoms with Crippen molar-refractivity contribution in [2.75, 3.05) is 0 Å². The van der Waals surface area contributed by atoms with Gasteiger partial charge in [0.15, 0.2) is 5.78 Å². The number of ketones is 1. The van der Waals surface area contributed by atoms with Gasteiger partial charge in [-0.25, -0.2) is 0 Å². The summed E-state index contributed by atoms with van der Waals surface area (Å²) < 4.78 is 5.77. The van der Waals surface area contributed by atoms with Gasteiger partial charge in [-0.3, -0.25) is 4.79 Å². The van der Waals surface area contributed by atoms with Gasteiger partial charge in [0.2, 0.25) is 0 Å². The van der Waals surface area contributed by atoms with E-state index in [9.17, 15) is 4.79 Å². The fourth-order valence-corrected chi connectivity index (χ4v) is 2.01. The first-order valence-electron chi connectivity index (χ1n) is 5.03. The Morgan fingerprint density at radius 2 is 2.13 bits per heavy atom. The predicted octanol–water partition coefficient (Wildman–Crippen LogP) is 2.52. The van der Waals surface area contributed by atoms with Crippen LogP contribution in [-0.2, 0) is 0 Å². The molecule has 1 aromatic rings. The first-order valence-corrected chi connectivity index (χ1v) is 5.03. The first kappa shape index (κ1) is 8.48. The summed E-state index contributed by atoms with van der Waals surface area (Å²) in [5.41, 5.74) is 1.45. The van der Waals surface area contributed by atoms with Crippen molar-refractivity contribution in [3.63, 3.8) is 0 Å². The fourth-order valence-electron chi connectivity index (χ4n) is 2.01.